The smallest absolute Gasteiger partial charge is 0.141 e. The summed E-state index contributed by atoms with van der Waals surface area (Å²) in [6.45, 7) is 1.82. The molecule has 0 bridgehead atoms. The summed E-state index contributed by atoms with van der Waals surface area (Å²) in [5.41, 5.74) is 6.35. The maximum absolute atomic E-state index is 12.5. The zero-order valence-corrected chi connectivity index (χ0v) is 7.44. The molecule has 0 aliphatic heterocycles. The molecule has 0 saturated carbocycles. The molecule has 2 unspecified atom stereocenters. The van der Waals surface area contributed by atoms with Crippen LogP contribution < -0.4 is 5.73 Å². The van der Waals surface area contributed by atoms with Crippen molar-refractivity contribution in [1.29, 1.82) is 0 Å². The summed E-state index contributed by atoms with van der Waals surface area (Å²) in [5, 5.41) is 8.84. The van der Waals surface area contributed by atoms with Crippen LogP contribution >= 0.6 is 0 Å². The fourth-order valence-corrected chi connectivity index (χ4v) is 0.990. The van der Waals surface area contributed by atoms with Gasteiger partial charge in [0.1, 0.15) is 5.82 Å². The molecule has 13 heavy (non-hydrogen) atoms. The van der Waals surface area contributed by atoms with Crippen LogP contribution in [0.1, 0.15) is 18.7 Å². The molecule has 2 atom stereocenters. The maximum atomic E-state index is 12.5. The van der Waals surface area contributed by atoms with Gasteiger partial charge in [-0.15, -0.1) is 0 Å². The SMILES string of the molecule is CC(CO)C(N)c1ccc(F)cn1. The van der Waals surface area contributed by atoms with Crippen LogP contribution in [0.15, 0.2) is 18.3 Å². The summed E-state index contributed by atoms with van der Waals surface area (Å²) in [6.07, 6.45) is 1.12. The maximum Gasteiger partial charge on any atom is 0.141 e. The number of hydrogen-bond acceptors (Lipinski definition) is 3. The van der Waals surface area contributed by atoms with E-state index >= 15 is 0 Å². The van der Waals surface area contributed by atoms with Gasteiger partial charge in [-0.2, -0.15) is 0 Å². The van der Waals surface area contributed by atoms with Gasteiger partial charge in [0.05, 0.1) is 17.9 Å². The van der Waals surface area contributed by atoms with Crippen LogP contribution in [0.4, 0.5) is 4.39 Å². The van der Waals surface area contributed by atoms with Crippen molar-refractivity contribution in [2.24, 2.45) is 11.7 Å². The number of aromatic nitrogens is 1. The third-order valence-corrected chi connectivity index (χ3v) is 1.99. The van der Waals surface area contributed by atoms with E-state index in [1.165, 1.54) is 12.1 Å². The van der Waals surface area contributed by atoms with Gasteiger partial charge < -0.3 is 10.8 Å². The van der Waals surface area contributed by atoms with Crippen LogP contribution in [-0.4, -0.2) is 16.7 Å². The van der Waals surface area contributed by atoms with Crippen molar-refractivity contribution in [2.45, 2.75) is 13.0 Å². The van der Waals surface area contributed by atoms with Crippen LogP contribution in [0, 0.1) is 11.7 Å². The number of nitrogens with zero attached hydrogens (tertiary/aromatic N) is 1. The lowest BCUT2D eigenvalue weighted by Crippen LogP contribution is -2.22. The van der Waals surface area contributed by atoms with Gasteiger partial charge in [0.25, 0.3) is 0 Å². The molecule has 1 aromatic rings. The molecule has 0 spiro atoms. The van der Waals surface area contributed by atoms with E-state index in [-0.39, 0.29) is 24.4 Å². The van der Waals surface area contributed by atoms with Crippen molar-refractivity contribution in [2.75, 3.05) is 6.61 Å². The molecule has 3 nitrogen and oxygen atoms in total. The molecule has 1 heterocycles. The Labute approximate surface area is 76.4 Å². The molecule has 1 rings (SSSR count). The second-order valence-corrected chi connectivity index (χ2v) is 3.09. The molecule has 3 N–H and O–H groups in total. The van der Waals surface area contributed by atoms with Crippen molar-refractivity contribution < 1.29 is 9.50 Å². The minimum atomic E-state index is -0.382. The predicted octanol–water partition coefficient (Wildman–Crippen LogP) is 0.849. The van der Waals surface area contributed by atoms with Gasteiger partial charge in [0.2, 0.25) is 0 Å². The zero-order valence-electron chi connectivity index (χ0n) is 7.44. The van der Waals surface area contributed by atoms with Gasteiger partial charge in [0, 0.05) is 6.61 Å². The Morgan fingerprint density at radius 1 is 1.62 bits per heavy atom. The highest BCUT2D eigenvalue weighted by atomic mass is 19.1. The number of nitrogens with two attached hydrogens (primary N) is 1. The number of halogens is 1. The molecule has 72 valence electrons. The van der Waals surface area contributed by atoms with Gasteiger partial charge in [0.15, 0.2) is 0 Å². The molecule has 0 aliphatic carbocycles. The highest BCUT2D eigenvalue weighted by molar-refractivity contribution is 5.10. The first kappa shape index (κ1) is 10.1. The van der Waals surface area contributed by atoms with E-state index < -0.39 is 0 Å². The first-order valence-corrected chi connectivity index (χ1v) is 4.13. The molecule has 4 heteroatoms. The van der Waals surface area contributed by atoms with E-state index in [0.717, 1.165) is 6.20 Å². The number of rotatable bonds is 3. The van der Waals surface area contributed by atoms with Gasteiger partial charge in [-0.1, -0.05) is 6.92 Å². The van der Waals surface area contributed by atoms with Crippen molar-refractivity contribution in [3.63, 3.8) is 0 Å². The number of aliphatic hydroxyl groups excluding tert-OH is 1. The molecule has 1 aromatic heterocycles. The van der Waals surface area contributed by atoms with Crippen LogP contribution in [-0.2, 0) is 0 Å². The van der Waals surface area contributed by atoms with Crippen molar-refractivity contribution in [1.82, 2.24) is 4.98 Å². The molecule has 0 saturated heterocycles. The second kappa shape index (κ2) is 4.30. The summed E-state index contributed by atoms with van der Waals surface area (Å²) in [6, 6.07) is 2.50. The van der Waals surface area contributed by atoms with E-state index in [4.69, 9.17) is 10.8 Å². The minimum Gasteiger partial charge on any atom is -0.396 e. The molecular formula is C9H13FN2O. The zero-order chi connectivity index (χ0) is 9.84. The first-order valence-electron chi connectivity index (χ1n) is 4.13. The first-order chi connectivity index (χ1) is 6.15. The third kappa shape index (κ3) is 2.47. The fourth-order valence-electron chi connectivity index (χ4n) is 0.990. The van der Waals surface area contributed by atoms with Gasteiger partial charge in [-0.05, 0) is 18.1 Å². The van der Waals surface area contributed by atoms with E-state index in [9.17, 15) is 4.39 Å². The second-order valence-electron chi connectivity index (χ2n) is 3.09. The Morgan fingerprint density at radius 2 is 2.31 bits per heavy atom. The fraction of sp³-hybridized carbons (Fsp3) is 0.444. The lowest BCUT2D eigenvalue weighted by Gasteiger charge is -2.16. The molecule has 0 aliphatic rings. The van der Waals surface area contributed by atoms with Crippen LogP contribution in [0.3, 0.4) is 0 Å². The normalized spacial score (nSPS) is 15.4. The summed E-state index contributed by atoms with van der Waals surface area (Å²) >= 11 is 0. The van der Waals surface area contributed by atoms with E-state index in [1.54, 1.807) is 0 Å². The Bertz CT molecular complexity index is 263. The average molecular weight is 184 g/mol. The van der Waals surface area contributed by atoms with Crippen LogP contribution in [0.2, 0.25) is 0 Å². The molecule has 0 amide bonds. The Hall–Kier alpha value is -1.00. The quantitative estimate of drug-likeness (QED) is 0.732. The topological polar surface area (TPSA) is 59.1 Å². The van der Waals surface area contributed by atoms with Crippen molar-refractivity contribution in [3.05, 3.63) is 29.8 Å². The number of pyridine rings is 1. The number of hydrogen-bond donors (Lipinski definition) is 2. The minimum absolute atomic E-state index is 0.000221. The lowest BCUT2D eigenvalue weighted by molar-refractivity contribution is 0.216. The van der Waals surface area contributed by atoms with E-state index in [1.807, 2.05) is 6.92 Å². The summed E-state index contributed by atoms with van der Waals surface area (Å²) in [5.74, 6) is -0.453. The Kier molecular flexibility index (Phi) is 3.33. The third-order valence-electron chi connectivity index (χ3n) is 1.99. The van der Waals surface area contributed by atoms with E-state index in [0.29, 0.717) is 5.69 Å². The highest BCUT2D eigenvalue weighted by Crippen LogP contribution is 2.16. The van der Waals surface area contributed by atoms with Crippen LogP contribution in [0.5, 0.6) is 0 Å². The summed E-state index contributed by atoms with van der Waals surface area (Å²) in [4.78, 5) is 3.84. The van der Waals surface area contributed by atoms with Crippen LogP contribution in [0.25, 0.3) is 0 Å². The number of aliphatic hydroxyl groups is 1. The van der Waals surface area contributed by atoms with E-state index in [2.05, 4.69) is 4.98 Å². The molecule has 0 radical (unpaired) electrons. The Morgan fingerprint density at radius 3 is 2.77 bits per heavy atom. The standard InChI is InChI=1S/C9H13FN2O/c1-6(5-13)9(11)8-3-2-7(10)4-12-8/h2-4,6,9,13H,5,11H2,1H3. The Balaban J connectivity index is 2.77. The van der Waals surface area contributed by atoms with Crippen molar-refractivity contribution in [3.8, 4) is 0 Å². The molecule has 0 fully saturated rings. The molecule has 0 aromatic carbocycles. The summed E-state index contributed by atoms with van der Waals surface area (Å²) < 4.78 is 12.5. The lowest BCUT2D eigenvalue weighted by atomic mass is 10.0. The van der Waals surface area contributed by atoms with Crippen molar-refractivity contribution >= 4 is 0 Å². The monoisotopic (exact) mass is 184 g/mol. The largest absolute Gasteiger partial charge is 0.396 e. The average Bonchev–Trinajstić information content (AvgIpc) is 2.17. The highest BCUT2D eigenvalue weighted by Gasteiger charge is 2.14. The van der Waals surface area contributed by atoms with Gasteiger partial charge in [-0.3, -0.25) is 4.98 Å². The van der Waals surface area contributed by atoms with Gasteiger partial charge >= 0.3 is 0 Å². The molecular weight excluding hydrogens is 171 g/mol. The predicted molar refractivity (Wildman–Crippen MR) is 47.4 cm³/mol. The van der Waals surface area contributed by atoms with Gasteiger partial charge in [-0.25, -0.2) is 4.39 Å². The summed E-state index contributed by atoms with van der Waals surface area (Å²) in [7, 11) is 0.